The minimum atomic E-state index is -1.12. The van der Waals surface area contributed by atoms with Crippen LogP contribution in [0.5, 0.6) is 0 Å². The van der Waals surface area contributed by atoms with Crippen LogP contribution in [0.1, 0.15) is 56.8 Å². The molecule has 1 saturated carbocycles. The zero-order valence-electron chi connectivity index (χ0n) is 21.2. The molecule has 0 spiro atoms. The van der Waals surface area contributed by atoms with Crippen LogP contribution in [0.15, 0.2) is 48.8 Å². The Morgan fingerprint density at radius 1 is 1.08 bits per heavy atom. The molecule has 0 radical (unpaired) electrons. The van der Waals surface area contributed by atoms with Crippen LogP contribution >= 0.6 is 0 Å². The Morgan fingerprint density at radius 3 is 2.41 bits per heavy atom. The van der Waals surface area contributed by atoms with E-state index in [9.17, 15) is 14.7 Å². The Labute approximate surface area is 214 Å². The number of carboxylic acid groups (broad SMARTS) is 1. The number of hydrogen-bond donors (Lipinski definition) is 2. The lowest BCUT2D eigenvalue weighted by Crippen LogP contribution is -2.43. The summed E-state index contributed by atoms with van der Waals surface area (Å²) in [6.45, 7) is 5.98. The molecule has 0 saturated heterocycles. The quantitative estimate of drug-likeness (QED) is 0.399. The van der Waals surface area contributed by atoms with Gasteiger partial charge in [-0.15, -0.1) is 5.10 Å². The molecule has 0 atom stereocenters. The number of amides is 1. The topological polar surface area (TPSA) is 132 Å². The van der Waals surface area contributed by atoms with E-state index in [-0.39, 0.29) is 29.2 Å². The van der Waals surface area contributed by atoms with E-state index in [1.54, 1.807) is 21.7 Å². The fraction of sp³-hybridized carbons (Fsp3) is 0.370. The molecule has 37 heavy (non-hydrogen) atoms. The lowest BCUT2D eigenvalue weighted by Gasteiger charge is -2.32. The number of nitrogens with two attached hydrogens (primary N) is 1. The summed E-state index contributed by atoms with van der Waals surface area (Å²) in [4.78, 5) is 31.5. The molecule has 1 aliphatic rings. The molecular weight excluding hydrogens is 470 g/mol. The highest BCUT2D eigenvalue weighted by Gasteiger charge is 2.34. The Bertz CT molecular complexity index is 1450. The van der Waals surface area contributed by atoms with Crippen molar-refractivity contribution in [2.24, 2.45) is 11.8 Å². The molecule has 4 aromatic rings. The predicted octanol–water partition coefficient (Wildman–Crippen LogP) is 4.43. The van der Waals surface area contributed by atoms with Gasteiger partial charge in [-0.2, -0.15) is 9.61 Å². The first-order valence-electron chi connectivity index (χ1n) is 12.6. The monoisotopic (exact) mass is 501 g/mol. The Kier molecular flexibility index (Phi) is 6.41. The first-order valence-corrected chi connectivity index (χ1v) is 12.6. The molecule has 3 N–H and O–H groups in total. The molecule has 3 heterocycles. The van der Waals surface area contributed by atoms with Gasteiger partial charge in [0.1, 0.15) is 11.4 Å². The van der Waals surface area contributed by atoms with E-state index in [1.165, 1.54) is 10.9 Å². The Hall–Kier alpha value is -4.21. The van der Waals surface area contributed by atoms with Crippen molar-refractivity contribution in [3.8, 4) is 16.9 Å². The number of nitrogen functional groups attached to an aromatic ring is 1. The first-order chi connectivity index (χ1) is 17.7. The molecule has 192 valence electrons. The van der Waals surface area contributed by atoms with Gasteiger partial charge in [0.15, 0.2) is 11.5 Å². The highest BCUT2D eigenvalue weighted by molar-refractivity contribution is 6.01. The molecule has 3 aromatic heterocycles. The summed E-state index contributed by atoms with van der Waals surface area (Å²) in [7, 11) is 0. The summed E-state index contributed by atoms with van der Waals surface area (Å²) in [6, 6.07) is 10.7. The van der Waals surface area contributed by atoms with Gasteiger partial charge in [-0.1, -0.05) is 19.1 Å². The maximum atomic E-state index is 13.5. The van der Waals surface area contributed by atoms with E-state index >= 15 is 0 Å². The molecule has 1 amide bonds. The molecule has 10 nitrogen and oxygen atoms in total. The van der Waals surface area contributed by atoms with Crippen LogP contribution in [0, 0.1) is 11.8 Å². The van der Waals surface area contributed by atoms with Gasteiger partial charge in [0.05, 0.1) is 11.4 Å². The van der Waals surface area contributed by atoms with Crippen molar-refractivity contribution in [3.05, 3.63) is 54.4 Å². The number of rotatable bonds is 6. The van der Waals surface area contributed by atoms with Crippen LogP contribution in [0.3, 0.4) is 0 Å². The van der Waals surface area contributed by atoms with Crippen molar-refractivity contribution in [3.63, 3.8) is 0 Å². The van der Waals surface area contributed by atoms with Crippen LogP contribution in [-0.4, -0.2) is 47.4 Å². The normalized spacial score (nSPS) is 17.8. The van der Waals surface area contributed by atoms with E-state index in [4.69, 9.17) is 5.73 Å². The summed E-state index contributed by atoms with van der Waals surface area (Å²) >= 11 is 0. The van der Waals surface area contributed by atoms with E-state index in [2.05, 4.69) is 22.1 Å². The number of anilines is 2. The van der Waals surface area contributed by atoms with Gasteiger partial charge < -0.3 is 10.8 Å². The molecule has 10 heteroatoms. The number of benzene rings is 1. The fourth-order valence-electron chi connectivity index (χ4n) is 4.97. The van der Waals surface area contributed by atoms with Crippen LogP contribution in [0.2, 0.25) is 0 Å². The zero-order valence-corrected chi connectivity index (χ0v) is 21.2. The number of aromatic carboxylic acids is 1. The molecule has 0 bridgehead atoms. The third kappa shape index (κ3) is 4.66. The van der Waals surface area contributed by atoms with Gasteiger partial charge in [0.25, 0.3) is 0 Å². The number of nitrogens with zero attached hydrogens (tertiary/aromatic N) is 6. The Morgan fingerprint density at radius 2 is 1.78 bits per heavy atom. The maximum absolute atomic E-state index is 13.5. The van der Waals surface area contributed by atoms with Crippen LogP contribution in [0.4, 0.5) is 11.6 Å². The van der Waals surface area contributed by atoms with Gasteiger partial charge in [-0.25, -0.2) is 14.5 Å². The van der Waals surface area contributed by atoms with E-state index in [0.717, 1.165) is 31.2 Å². The lowest BCUT2D eigenvalue weighted by molar-refractivity contribution is -0.124. The van der Waals surface area contributed by atoms with Crippen molar-refractivity contribution in [1.82, 2.24) is 24.4 Å². The number of hydrogen-bond acceptors (Lipinski definition) is 6. The molecule has 1 fully saturated rings. The van der Waals surface area contributed by atoms with Gasteiger partial charge in [0, 0.05) is 36.0 Å². The van der Waals surface area contributed by atoms with Gasteiger partial charge in [-0.05, 0) is 63.6 Å². The van der Waals surface area contributed by atoms with Gasteiger partial charge in [-0.3, -0.25) is 9.69 Å². The molecular formula is C27H31N7O3. The highest BCUT2D eigenvalue weighted by atomic mass is 16.4. The average molecular weight is 502 g/mol. The maximum Gasteiger partial charge on any atom is 0.341 e. The van der Waals surface area contributed by atoms with Crippen molar-refractivity contribution >= 4 is 29.2 Å². The first kappa shape index (κ1) is 24.5. The summed E-state index contributed by atoms with van der Waals surface area (Å²) in [5.74, 6) is -0.00328. The smallest absolute Gasteiger partial charge is 0.341 e. The van der Waals surface area contributed by atoms with E-state index in [1.807, 2.05) is 44.2 Å². The zero-order chi connectivity index (χ0) is 26.3. The van der Waals surface area contributed by atoms with Gasteiger partial charge in [0.2, 0.25) is 5.91 Å². The summed E-state index contributed by atoms with van der Waals surface area (Å²) in [6.07, 6.45) is 6.74. The number of aromatic nitrogens is 5. The minimum absolute atomic E-state index is 0.00259. The number of carbonyl (C=O) groups is 2. The SMILES string of the molecule is CC1CCC(C(=O)N(c2nn(-c3ccc(-c4cc5nccc(N)n5n4)cc3)cc2C(=O)O)C(C)C)CC1. The molecule has 0 unspecified atom stereocenters. The number of carboxylic acids is 1. The molecule has 5 rings (SSSR count). The van der Waals surface area contributed by atoms with Crippen LogP contribution < -0.4 is 10.6 Å². The van der Waals surface area contributed by atoms with Crippen LogP contribution in [-0.2, 0) is 4.79 Å². The number of carbonyl (C=O) groups excluding carboxylic acids is 1. The average Bonchev–Trinajstić information content (AvgIpc) is 3.50. The van der Waals surface area contributed by atoms with E-state index < -0.39 is 5.97 Å². The second-order valence-electron chi connectivity index (χ2n) is 10.1. The van der Waals surface area contributed by atoms with Gasteiger partial charge >= 0.3 is 5.97 Å². The van der Waals surface area contributed by atoms with Crippen molar-refractivity contribution in [2.45, 2.75) is 52.5 Å². The van der Waals surface area contributed by atoms with E-state index in [0.29, 0.717) is 28.8 Å². The summed E-state index contributed by atoms with van der Waals surface area (Å²) in [5.41, 5.74) is 8.86. The molecule has 0 aliphatic heterocycles. The standard InChI is InChI=1S/C27H31N7O3/c1-16(2)33(26(35)19-6-4-17(3)5-7-19)25-21(27(36)37)15-32(31-25)20-10-8-18(9-11-20)22-14-24-29-13-12-23(28)34(24)30-22/h8-17,19H,4-7,28H2,1-3H3,(H,36,37). The van der Waals surface area contributed by atoms with Crippen LogP contribution in [0.25, 0.3) is 22.6 Å². The highest BCUT2D eigenvalue weighted by Crippen LogP contribution is 2.33. The third-order valence-electron chi connectivity index (χ3n) is 7.09. The predicted molar refractivity (Wildman–Crippen MR) is 141 cm³/mol. The fourth-order valence-corrected chi connectivity index (χ4v) is 4.97. The molecule has 1 aliphatic carbocycles. The summed E-state index contributed by atoms with van der Waals surface area (Å²) in [5, 5.41) is 19.1. The second kappa shape index (κ2) is 9.68. The van der Waals surface area contributed by atoms with Crippen molar-refractivity contribution in [2.75, 3.05) is 10.6 Å². The van der Waals surface area contributed by atoms with Crippen molar-refractivity contribution in [1.29, 1.82) is 0 Å². The number of fused-ring (bicyclic) bond motifs is 1. The Balaban J connectivity index is 1.46. The molecule has 1 aromatic carbocycles. The lowest BCUT2D eigenvalue weighted by atomic mass is 9.82. The van der Waals surface area contributed by atoms with Crippen molar-refractivity contribution < 1.29 is 14.7 Å². The second-order valence-corrected chi connectivity index (χ2v) is 10.1. The minimum Gasteiger partial charge on any atom is -0.477 e. The summed E-state index contributed by atoms with van der Waals surface area (Å²) < 4.78 is 3.09. The third-order valence-corrected chi connectivity index (χ3v) is 7.09. The largest absolute Gasteiger partial charge is 0.477 e.